The molecule has 9 heteroatoms. The van der Waals surface area contributed by atoms with Crippen LogP contribution >= 0.6 is 11.3 Å². The van der Waals surface area contributed by atoms with Gasteiger partial charge in [0.1, 0.15) is 11.3 Å². The molecule has 2 heterocycles. The first-order valence-electron chi connectivity index (χ1n) is 6.79. The molecule has 0 bridgehead atoms. The lowest BCUT2D eigenvalue weighted by molar-refractivity contribution is -0.116. The van der Waals surface area contributed by atoms with Crippen molar-refractivity contribution in [2.75, 3.05) is 12.4 Å². The van der Waals surface area contributed by atoms with Crippen LogP contribution in [0.5, 0.6) is 0 Å². The molecule has 0 aliphatic heterocycles. The van der Waals surface area contributed by atoms with Gasteiger partial charge in [0, 0.05) is 18.5 Å². The first-order chi connectivity index (χ1) is 11.2. The predicted molar refractivity (Wildman–Crippen MR) is 83.4 cm³/mol. The third-order valence-corrected chi connectivity index (χ3v) is 4.06. The fraction of sp³-hybridized carbons (Fsp3) is 0.214. The number of methoxy groups -OCH3 is 1. The number of aryl methyl sites for hydroxylation is 1. The number of rotatable bonds is 5. The fourth-order valence-corrected chi connectivity index (χ4v) is 2.77. The van der Waals surface area contributed by atoms with Crippen molar-refractivity contribution < 1.29 is 14.3 Å². The van der Waals surface area contributed by atoms with Crippen LogP contribution in [0.3, 0.4) is 0 Å². The Kier molecular flexibility index (Phi) is 4.29. The van der Waals surface area contributed by atoms with Gasteiger partial charge in [0.2, 0.25) is 10.9 Å². The van der Waals surface area contributed by atoms with Gasteiger partial charge in [0.05, 0.1) is 12.7 Å². The summed E-state index contributed by atoms with van der Waals surface area (Å²) in [4.78, 5) is 24.0. The predicted octanol–water partition coefficient (Wildman–Crippen LogP) is 1.54. The Morgan fingerprint density at radius 3 is 2.78 bits per heavy atom. The van der Waals surface area contributed by atoms with E-state index in [1.807, 2.05) is 0 Å². The Morgan fingerprint density at radius 2 is 2.09 bits per heavy atom. The lowest BCUT2D eigenvalue weighted by atomic mass is 10.2. The minimum absolute atomic E-state index is 0.123. The number of ether oxygens (including phenoxy) is 1. The summed E-state index contributed by atoms with van der Waals surface area (Å²) < 4.78 is 6.21. The average Bonchev–Trinajstić information content (AvgIpc) is 3.14. The van der Waals surface area contributed by atoms with E-state index in [9.17, 15) is 9.59 Å². The second kappa shape index (κ2) is 6.53. The molecule has 118 valence electrons. The molecule has 0 aliphatic rings. The van der Waals surface area contributed by atoms with Gasteiger partial charge in [-0.15, -0.1) is 10.2 Å². The van der Waals surface area contributed by atoms with Gasteiger partial charge < -0.3 is 10.1 Å². The molecule has 0 spiro atoms. The number of benzene rings is 1. The topological polar surface area (TPSA) is 98.5 Å². The van der Waals surface area contributed by atoms with Crippen LogP contribution in [0.4, 0.5) is 5.69 Å². The van der Waals surface area contributed by atoms with Crippen molar-refractivity contribution in [3.63, 3.8) is 0 Å². The van der Waals surface area contributed by atoms with Crippen molar-refractivity contribution in [1.29, 1.82) is 0 Å². The summed E-state index contributed by atoms with van der Waals surface area (Å²) in [5, 5.41) is 15.5. The first kappa shape index (κ1) is 15.1. The van der Waals surface area contributed by atoms with Crippen molar-refractivity contribution in [3.05, 3.63) is 41.2 Å². The van der Waals surface area contributed by atoms with Crippen molar-refractivity contribution in [1.82, 2.24) is 19.8 Å². The summed E-state index contributed by atoms with van der Waals surface area (Å²) in [5.74, 6) is -0.534. The Morgan fingerprint density at radius 1 is 1.30 bits per heavy atom. The maximum atomic E-state index is 12.0. The standard InChI is InChI=1S/C14H13N5O3S/c1-22-13(21)9-2-4-10(5-3-9)16-11(20)6-7-12-18-19-8-15-17-14(19)23-12/h2-5,8H,6-7H2,1H3,(H,16,20). The van der Waals surface area contributed by atoms with Gasteiger partial charge in [-0.1, -0.05) is 11.3 Å². The van der Waals surface area contributed by atoms with E-state index < -0.39 is 5.97 Å². The molecule has 0 fully saturated rings. The van der Waals surface area contributed by atoms with Crippen molar-refractivity contribution in [2.24, 2.45) is 0 Å². The fourth-order valence-electron chi connectivity index (χ4n) is 1.95. The largest absolute Gasteiger partial charge is 0.465 e. The monoisotopic (exact) mass is 331 g/mol. The highest BCUT2D eigenvalue weighted by Gasteiger charge is 2.09. The summed E-state index contributed by atoms with van der Waals surface area (Å²) in [6.07, 6.45) is 2.36. The Bertz CT molecular complexity index is 811. The van der Waals surface area contributed by atoms with Gasteiger partial charge in [0.25, 0.3) is 0 Å². The van der Waals surface area contributed by atoms with E-state index in [0.717, 1.165) is 5.01 Å². The average molecular weight is 331 g/mol. The maximum Gasteiger partial charge on any atom is 0.337 e. The van der Waals surface area contributed by atoms with Gasteiger partial charge in [-0.05, 0) is 24.3 Å². The normalized spacial score (nSPS) is 10.7. The van der Waals surface area contributed by atoms with Crippen LogP contribution < -0.4 is 5.32 Å². The lowest BCUT2D eigenvalue weighted by Gasteiger charge is -2.05. The third-order valence-electron chi connectivity index (χ3n) is 3.08. The molecule has 8 nitrogen and oxygen atoms in total. The summed E-state index contributed by atoms with van der Waals surface area (Å²) in [7, 11) is 1.32. The van der Waals surface area contributed by atoms with Crippen LogP contribution in [0.25, 0.3) is 4.96 Å². The quantitative estimate of drug-likeness (QED) is 0.712. The Hall–Kier alpha value is -2.81. The second-order valence-electron chi connectivity index (χ2n) is 4.67. The van der Waals surface area contributed by atoms with E-state index >= 15 is 0 Å². The molecule has 3 rings (SSSR count). The van der Waals surface area contributed by atoms with Crippen molar-refractivity contribution in [3.8, 4) is 0 Å². The molecule has 3 aromatic rings. The molecule has 0 atom stereocenters. The van der Waals surface area contributed by atoms with E-state index in [1.165, 1.54) is 24.8 Å². The number of amides is 1. The number of nitrogens with one attached hydrogen (secondary N) is 1. The van der Waals surface area contributed by atoms with Gasteiger partial charge in [-0.2, -0.15) is 9.61 Å². The van der Waals surface area contributed by atoms with Crippen molar-refractivity contribution in [2.45, 2.75) is 12.8 Å². The smallest absolute Gasteiger partial charge is 0.337 e. The maximum absolute atomic E-state index is 12.0. The van der Waals surface area contributed by atoms with Gasteiger partial charge in [0.15, 0.2) is 0 Å². The number of aromatic nitrogens is 4. The number of nitrogens with zero attached hydrogens (tertiary/aromatic N) is 4. The molecular formula is C14H13N5O3S. The van der Waals surface area contributed by atoms with Crippen LogP contribution in [-0.2, 0) is 16.0 Å². The van der Waals surface area contributed by atoms with Gasteiger partial charge >= 0.3 is 5.97 Å². The SMILES string of the molecule is COC(=O)c1ccc(NC(=O)CCc2nn3cnnc3s2)cc1. The van der Waals surface area contributed by atoms with E-state index in [0.29, 0.717) is 29.1 Å². The van der Waals surface area contributed by atoms with Crippen LogP contribution in [0.15, 0.2) is 30.6 Å². The van der Waals surface area contributed by atoms with Gasteiger partial charge in [-0.25, -0.2) is 4.79 Å². The first-order valence-corrected chi connectivity index (χ1v) is 7.61. The summed E-state index contributed by atoms with van der Waals surface area (Å²) in [6, 6.07) is 6.52. The number of esters is 1. The number of carbonyl (C=O) groups is 2. The molecule has 0 radical (unpaired) electrons. The molecule has 2 aromatic heterocycles. The number of hydrogen-bond acceptors (Lipinski definition) is 7. The number of anilines is 1. The minimum Gasteiger partial charge on any atom is -0.465 e. The number of carbonyl (C=O) groups excluding carboxylic acids is 2. The van der Waals surface area contributed by atoms with Crippen LogP contribution in [0.1, 0.15) is 21.8 Å². The molecule has 0 unspecified atom stereocenters. The highest BCUT2D eigenvalue weighted by atomic mass is 32.1. The van der Waals surface area contributed by atoms with Crippen LogP contribution in [-0.4, -0.2) is 38.8 Å². The van der Waals surface area contributed by atoms with Crippen LogP contribution in [0, 0.1) is 0 Å². The molecule has 0 aliphatic carbocycles. The third kappa shape index (κ3) is 3.51. The van der Waals surface area contributed by atoms with E-state index in [2.05, 4.69) is 25.3 Å². The zero-order valence-electron chi connectivity index (χ0n) is 12.2. The Balaban J connectivity index is 1.54. The summed E-state index contributed by atoms with van der Waals surface area (Å²) in [6.45, 7) is 0. The summed E-state index contributed by atoms with van der Waals surface area (Å²) >= 11 is 1.41. The van der Waals surface area contributed by atoms with E-state index in [-0.39, 0.29) is 5.91 Å². The Labute approximate surface area is 135 Å². The molecule has 23 heavy (non-hydrogen) atoms. The van der Waals surface area contributed by atoms with E-state index in [1.54, 1.807) is 28.8 Å². The molecule has 1 N–H and O–H groups in total. The summed E-state index contributed by atoms with van der Waals surface area (Å²) in [5.41, 5.74) is 1.06. The molecule has 1 aromatic carbocycles. The second-order valence-corrected chi connectivity index (χ2v) is 5.71. The highest BCUT2D eigenvalue weighted by molar-refractivity contribution is 7.16. The van der Waals surface area contributed by atoms with E-state index in [4.69, 9.17) is 0 Å². The zero-order chi connectivity index (χ0) is 16.2. The number of hydrogen-bond donors (Lipinski definition) is 1. The number of fused-ring (bicyclic) bond motifs is 1. The zero-order valence-corrected chi connectivity index (χ0v) is 13.0. The minimum atomic E-state index is -0.411. The van der Waals surface area contributed by atoms with Gasteiger partial charge in [-0.3, -0.25) is 4.79 Å². The molecular weight excluding hydrogens is 318 g/mol. The van der Waals surface area contributed by atoms with Crippen LogP contribution in [0.2, 0.25) is 0 Å². The van der Waals surface area contributed by atoms with Crippen molar-refractivity contribution >= 4 is 33.9 Å². The lowest BCUT2D eigenvalue weighted by Crippen LogP contribution is -2.12. The molecule has 0 saturated carbocycles. The highest BCUT2D eigenvalue weighted by Crippen LogP contribution is 2.14. The molecule has 0 saturated heterocycles. The molecule has 1 amide bonds.